The van der Waals surface area contributed by atoms with E-state index in [2.05, 4.69) is 43.2 Å². The fourth-order valence-electron chi connectivity index (χ4n) is 2.63. The molecule has 0 radical (unpaired) electrons. The Hall–Kier alpha value is -0.650. The molecule has 1 heterocycles. The smallest absolute Gasteiger partial charge is 0.241 e. The van der Waals surface area contributed by atoms with Crippen molar-refractivity contribution in [1.29, 1.82) is 0 Å². The minimum atomic E-state index is -0.0559. The Morgan fingerprint density at radius 1 is 1.05 bits per heavy atom. The lowest BCUT2D eigenvalue weighted by molar-refractivity contribution is -0.133. The third kappa shape index (κ3) is 5.38. The minimum Gasteiger partial charge on any atom is -0.342 e. The summed E-state index contributed by atoms with van der Waals surface area (Å²) >= 11 is 0. The van der Waals surface area contributed by atoms with Crippen LogP contribution in [0.25, 0.3) is 0 Å². The summed E-state index contributed by atoms with van der Waals surface area (Å²) in [5.74, 6) is 0.242. The third-order valence-electron chi connectivity index (χ3n) is 4.13. The van der Waals surface area contributed by atoms with E-state index in [1.807, 2.05) is 4.90 Å². The van der Waals surface area contributed by atoms with Crippen LogP contribution >= 0.6 is 0 Å². The standard InChI is InChI=1S/C15H32N4O/c1-5-18(6-2)9-8-10-19(7-3)15(20)14-12-16-13(4)11-17-14/h13-14,16-17H,5-12H2,1-4H3. The third-order valence-corrected chi connectivity index (χ3v) is 4.13. The lowest BCUT2D eigenvalue weighted by Gasteiger charge is -2.32. The maximum atomic E-state index is 12.5. The van der Waals surface area contributed by atoms with Gasteiger partial charge in [0.05, 0.1) is 6.04 Å². The summed E-state index contributed by atoms with van der Waals surface area (Å²) in [7, 11) is 0. The van der Waals surface area contributed by atoms with Crippen LogP contribution in [0.3, 0.4) is 0 Å². The molecule has 0 aromatic rings. The molecule has 1 aliphatic rings. The summed E-state index contributed by atoms with van der Waals surface area (Å²) < 4.78 is 0. The highest BCUT2D eigenvalue weighted by atomic mass is 16.2. The summed E-state index contributed by atoms with van der Waals surface area (Å²) in [5.41, 5.74) is 0. The quantitative estimate of drug-likeness (QED) is 0.682. The molecule has 1 aliphatic heterocycles. The first-order chi connectivity index (χ1) is 9.62. The lowest BCUT2D eigenvalue weighted by Crippen LogP contribution is -2.59. The number of nitrogens with one attached hydrogen (secondary N) is 2. The van der Waals surface area contributed by atoms with Crippen LogP contribution in [-0.2, 0) is 4.79 Å². The maximum Gasteiger partial charge on any atom is 0.241 e. The molecule has 20 heavy (non-hydrogen) atoms. The Bertz CT molecular complexity index is 273. The van der Waals surface area contributed by atoms with Gasteiger partial charge in [-0.3, -0.25) is 4.79 Å². The van der Waals surface area contributed by atoms with Gasteiger partial charge in [0.25, 0.3) is 0 Å². The topological polar surface area (TPSA) is 47.6 Å². The Kier molecular flexibility index (Phi) is 8.11. The van der Waals surface area contributed by atoms with E-state index in [4.69, 9.17) is 0 Å². The number of nitrogens with zero attached hydrogens (tertiary/aromatic N) is 2. The van der Waals surface area contributed by atoms with Gasteiger partial charge in [-0.2, -0.15) is 0 Å². The first kappa shape index (κ1) is 17.4. The van der Waals surface area contributed by atoms with Crippen molar-refractivity contribution in [3.8, 4) is 0 Å². The number of carbonyl (C=O) groups excluding carboxylic acids is 1. The first-order valence-electron chi connectivity index (χ1n) is 8.10. The second-order valence-corrected chi connectivity index (χ2v) is 5.57. The Morgan fingerprint density at radius 2 is 1.75 bits per heavy atom. The van der Waals surface area contributed by atoms with Gasteiger partial charge in [0.2, 0.25) is 5.91 Å². The number of hydrogen-bond acceptors (Lipinski definition) is 4. The fourth-order valence-corrected chi connectivity index (χ4v) is 2.63. The van der Waals surface area contributed by atoms with Crippen molar-refractivity contribution < 1.29 is 4.79 Å². The molecule has 5 nitrogen and oxygen atoms in total. The van der Waals surface area contributed by atoms with E-state index in [-0.39, 0.29) is 11.9 Å². The normalized spacial score (nSPS) is 23.1. The highest BCUT2D eigenvalue weighted by Crippen LogP contribution is 2.02. The van der Waals surface area contributed by atoms with Crippen molar-refractivity contribution >= 4 is 5.91 Å². The van der Waals surface area contributed by atoms with Crippen molar-refractivity contribution in [3.63, 3.8) is 0 Å². The van der Waals surface area contributed by atoms with Crippen LogP contribution in [0.1, 0.15) is 34.1 Å². The second kappa shape index (κ2) is 9.32. The fraction of sp³-hybridized carbons (Fsp3) is 0.933. The van der Waals surface area contributed by atoms with Gasteiger partial charge in [-0.05, 0) is 39.9 Å². The monoisotopic (exact) mass is 284 g/mol. The van der Waals surface area contributed by atoms with E-state index in [9.17, 15) is 4.79 Å². The molecule has 0 spiro atoms. The average molecular weight is 284 g/mol. The molecule has 1 rings (SSSR count). The molecule has 2 atom stereocenters. The van der Waals surface area contributed by atoms with Crippen molar-refractivity contribution in [2.45, 2.75) is 46.2 Å². The van der Waals surface area contributed by atoms with Gasteiger partial charge in [0.15, 0.2) is 0 Å². The molecule has 0 saturated carbocycles. The van der Waals surface area contributed by atoms with E-state index < -0.39 is 0 Å². The zero-order valence-corrected chi connectivity index (χ0v) is 13.6. The number of rotatable bonds is 8. The number of amides is 1. The van der Waals surface area contributed by atoms with Crippen LogP contribution in [-0.4, -0.2) is 73.6 Å². The van der Waals surface area contributed by atoms with E-state index in [0.717, 1.165) is 52.2 Å². The molecule has 0 bridgehead atoms. The van der Waals surface area contributed by atoms with Crippen LogP contribution in [0, 0.1) is 0 Å². The minimum absolute atomic E-state index is 0.0559. The van der Waals surface area contributed by atoms with E-state index in [0.29, 0.717) is 6.04 Å². The van der Waals surface area contributed by atoms with Crippen LogP contribution < -0.4 is 10.6 Å². The average Bonchev–Trinajstić information content (AvgIpc) is 2.48. The molecule has 1 fully saturated rings. The second-order valence-electron chi connectivity index (χ2n) is 5.57. The van der Waals surface area contributed by atoms with E-state index >= 15 is 0 Å². The van der Waals surface area contributed by atoms with Gasteiger partial charge < -0.3 is 20.4 Å². The zero-order chi connectivity index (χ0) is 15.0. The molecule has 5 heteroatoms. The lowest BCUT2D eigenvalue weighted by atomic mass is 10.1. The predicted molar refractivity (Wildman–Crippen MR) is 83.9 cm³/mol. The molecule has 1 amide bonds. The molecule has 2 N–H and O–H groups in total. The van der Waals surface area contributed by atoms with Gasteiger partial charge in [0.1, 0.15) is 0 Å². The van der Waals surface area contributed by atoms with Crippen molar-refractivity contribution in [3.05, 3.63) is 0 Å². The molecular formula is C15H32N4O. The predicted octanol–water partition coefficient (Wildman–Crippen LogP) is 0.517. The number of hydrogen-bond donors (Lipinski definition) is 2. The molecule has 118 valence electrons. The van der Waals surface area contributed by atoms with Crippen molar-refractivity contribution in [2.24, 2.45) is 0 Å². The maximum absolute atomic E-state index is 12.5. The van der Waals surface area contributed by atoms with E-state index in [1.165, 1.54) is 0 Å². The van der Waals surface area contributed by atoms with Gasteiger partial charge in [-0.15, -0.1) is 0 Å². The van der Waals surface area contributed by atoms with Crippen LogP contribution in [0.2, 0.25) is 0 Å². The van der Waals surface area contributed by atoms with Gasteiger partial charge in [-0.1, -0.05) is 13.8 Å². The molecule has 0 aliphatic carbocycles. The Morgan fingerprint density at radius 3 is 2.25 bits per heavy atom. The SMILES string of the molecule is CCN(CC)CCCN(CC)C(=O)C1CNC(C)CN1. The first-order valence-corrected chi connectivity index (χ1v) is 8.10. The molecular weight excluding hydrogens is 252 g/mol. The van der Waals surface area contributed by atoms with Gasteiger partial charge in [-0.25, -0.2) is 0 Å². The number of piperazine rings is 1. The van der Waals surface area contributed by atoms with Crippen LogP contribution in [0.5, 0.6) is 0 Å². The van der Waals surface area contributed by atoms with Gasteiger partial charge >= 0.3 is 0 Å². The largest absolute Gasteiger partial charge is 0.342 e. The van der Waals surface area contributed by atoms with Crippen molar-refractivity contribution in [1.82, 2.24) is 20.4 Å². The Labute approximate surface area is 124 Å². The zero-order valence-electron chi connectivity index (χ0n) is 13.6. The van der Waals surface area contributed by atoms with E-state index in [1.54, 1.807) is 0 Å². The molecule has 0 aromatic heterocycles. The summed E-state index contributed by atoms with van der Waals surface area (Å²) in [4.78, 5) is 16.8. The van der Waals surface area contributed by atoms with Gasteiger partial charge in [0, 0.05) is 32.2 Å². The summed E-state index contributed by atoms with van der Waals surface area (Å²) in [6, 6.07) is 0.399. The molecule has 2 unspecified atom stereocenters. The summed E-state index contributed by atoms with van der Waals surface area (Å²) in [5, 5.41) is 6.71. The number of carbonyl (C=O) groups is 1. The molecule has 0 aromatic carbocycles. The van der Waals surface area contributed by atoms with Crippen molar-refractivity contribution in [2.75, 3.05) is 45.8 Å². The van der Waals surface area contributed by atoms with Crippen LogP contribution in [0.4, 0.5) is 0 Å². The summed E-state index contributed by atoms with van der Waals surface area (Å²) in [6.07, 6.45) is 1.05. The highest BCUT2D eigenvalue weighted by Gasteiger charge is 2.26. The highest BCUT2D eigenvalue weighted by molar-refractivity contribution is 5.82. The Balaban J connectivity index is 2.35. The summed E-state index contributed by atoms with van der Waals surface area (Å²) in [6.45, 7) is 15.1. The van der Waals surface area contributed by atoms with Crippen LogP contribution in [0.15, 0.2) is 0 Å². The molecule has 1 saturated heterocycles. The number of likely N-dealkylation sites (N-methyl/N-ethyl adjacent to an activating group) is 1.